The molecule has 1 atom stereocenters. The van der Waals surface area contributed by atoms with Crippen LogP contribution < -0.4 is 10.2 Å². The zero-order chi connectivity index (χ0) is 14.8. The number of rotatable bonds is 3. The van der Waals surface area contributed by atoms with Crippen molar-refractivity contribution in [3.8, 4) is 0 Å². The fraction of sp³-hybridized carbons (Fsp3) is 0.611. The molecule has 1 aromatic carbocycles. The van der Waals surface area contributed by atoms with Gasteiger partial charge in [-0.15, -0.1) is 12.4 Å². The lowest BCUT2D eigenvalue weighted by Crippen LogP contribution is -2.39. The highest BCUT2D eigenvalue weighted by molar-refractivity contribution is 5.95. The number of nitrogens with zero attached hydrogens (tertiary/aromatic N) is 1. The van der Waals surface area contributed by atoms with Crippen LogP contribution >= 0.6 is 12.4 Å². The Hall–Kier alpha value is -1.06. The summed E-state index contributed by atoms with van der Waals surface area (Å²) < 4.78 is 0. The minimum Gasteiger partial charge on any atom is -0.313 e. The molecule has 4 heteroatoms. The smallest absolute Gasteiger partial charge is 0.228 e. The van der Waals surface area contributed by atoms with Crippen LogP contribution in [0, 0.1) is 0 Å². The normalized spacial score (nSPS) is 20.7. The number of carbonyl (C=O) groups is 1. The number of hydrogen-bond donors (Lipinski definition) is 1. The molecule has 0 radical (unpaired) electrons. The summed E-state index contributed by atoms with van der Waals surface area (Å²) in [7, 11) is 0. The number of hydrogen-bond acceptors (Lipinski definition) is 2. The van der Waals surface area contributed by atoms with Gasteiger partial charge in [-0.05, 0) is 55.3 Å². The Labute approximate surface area is 139 Å². The van der Waals surface area contributed by atoms with Gasteiger partial charge in [0.15, 0.2) is 0 Å². The molecule has 1 aromatic rings. The van der Waals surface area contributed by atoms with Gasteiger partial charge in [0.2, 0.25) is 5.91 Å². The number of benzene rings is 1. The van der Waals surface area contributed by atoms with E-state index in [4.69, 9.17) is 0 Å². The maximum Gasteiger partial charge on any atom is 0.228 e. The first-order valence-electron chi connectivity index (χ1n) is 8.31. The summed E-state index contributed by atoms with van der Waals surface area (Å²) in [5, 5.41) is 3.43. The van der Waals surface area contributed by atoms with E-state index in [-0.39, 0.29) is 18.3 Å². The molecular formula is C18H27ClN2O. The van der Waals surface area contributed by atoms with Gasteiger partial charge in [-0.2, -0.15) is 0 Å². The molecule has 0 saturated carbocycles. The standard InChI is InChI=1S/C18H26N2O.ClH/c1-13(2)14-7-8-17-15(11-14)5-4-10-20(17)18(21)12-16-6-3-9-19-16;/h7-8,11,13,16,19H,3-6,9-10,12H2,1-2H3;1H. The molecule has 2 aliphatic rings. The fourth-order valence-corrected chi connectivity index (χ4v) is 3.49. The van der Waals surface area contributed by atoms with Crippen LogP contribution in [0.3, 0.4) is 0 Å². The maximum atomic E-state index is 12.6. The van der Waals surface area contributed by atoms with Gasteiger partial charge in [0.05, 0.1) is 0 Å². The van der Waals surface area contributed by atoms with E-state index in [0.29, 0.717) is 18.4 Å². The summed E-state index contributed by atoms with van der Waals surface area (Å²) >= 11 is 0. The van der Waals surface area contributed by atoms with Crippen molar-refractivity contribution in [2.24, 2.45) is 0 Å². The molecule has 122 valence electrons. The third kappa shape index (κ3) is 3.64. The second kappa shape index (κ2) is 7.47. The van der Waals surface area contributed by atoms with Crippen LogP contribution in [0.2, 0.25) is 0 Å². The average Bonchev–Trinajstić information content (AvgIpc) is 2.98. The SMILES string of the molecule is CC(C)c1ccc2c(c1)CCCN2C(=O)CC1CCCN1.Cl. The number of amides is 1. The van der Waals surface area contributed by atoms with Gasteiger partial charge < -0.3 is 10.2 Å². The van der Waals surface area contributed by atoms with Gasteiger partial charge in [0, 0.05) is 24.7 Å². The van der Waals surface area contributed by atoms with Crippen molar-refractivity contribution < 1.29 is 4.79 Å². The third-order valence-corrected chi connectivity index (χ3v) is 4.77. The van der Waals surface area contributed by atoms with E-state index in [1.165, 1.54) is 17.5 Å². The Morgan fingerprint density at radius 3 is 2.86 bits per heavy atom. The molecule has 1 saturated heterocycles. The van der Waals surface area contributed by atoms with Crippen molar-refractivity contribution in [3.05, 3.63) is 29.3 Å². The number of carbonyl (C=O) groups excluding carboxylic acids is 1. The highest BCUT2D eigenvalue weighted by Gasteiger charge is 2.26. The Kier molecular flexibility index (Phi) is 5.87. The van der Waals surface area contributed by atoms with Gasteiger partial charge in [0.25, 0.3) is 0 Å². The monoisotopic (exact) mass is 322 g/mol. The number of halogens is 1. The van der Waals surface area contributed by atoms with Gasteiger partial charge in [-0.25, -0.2) is 0 Å². The lowest BCUT2D eigenvalue weighted by molar-refractivity contribution is -0.119. The maximum absolute atomic E-state index is 12.6. The Bertz CT molecular complexity index is 524. The van der Waals surface area contributed by atoms with Crippen LogP contribution in [0.25, 0.3) is 0 Å². The number of aryl methyl sites for hydroxylation is 1. The fourth-order valence-electron chi connectivity index (χ4n) is 3.49. The third-order valence-electron chi connectivity index (χ3n) is 4.77. The van der Waals surface area contributed by atoms with Crippen molar-refractivity contribution >= 4 is 24.0 Å². The van der Waals surface area contributed by atoms with Gasteiger partial charge >= 0.3 is 0 Å². The lowest BCUT2D eigenvalue weighted by atomic mass is 9.94. The Morgan fingerprint density at radius 2 is 2.18 bits per heavy atom. The summed E-state index contributed by atoms with van der Waals surface area (Å²) in [4.78, 5) is 14.6. The first-order chi connectivity index (χ1) is 10.1. The molecule has 0 aliphatic carbocycles. The molecule has 3 rings (SSSR count). The van der Waals surface area contributed by atoms with Crippen LogP contribution in [0.4, 0.5) is 5.69 Å². The van der Waals surface area contributed by atoms with Crippen molar-refractivity contribution in [2.75, 3.05) is 18.0 Å². The number of fused-ring (bicyclic) bond motifs is 1. The van der Waals surface area contributed by atoms with E-state index in [0.717, 1.165) is 38.0 Å². The summed E-state index contributed by atoms with van der Waals surface area (Å²) in [5.41, 5.74) is 3.87. The molecule has 0 aromatic heterocycles. The number of anilines is 1. The predicted molar refractivity (Wildman–Crippen MR) is 94.1 cm³/mol. The Balaban J connectivity index is 0.00000176. The molecule has 1 N–H and O–H groups in total. The predicted octanol–water partition coefficient (Wildman–Crippen LogP) is 3.65. The van der Waals surface area contributed by atoms with Crippen molar-refractivity contribution in [3.63, 3.8) is 0 Å². The van der Waals surface area contributed by atoms with E-state index in [1.807, 2.05) is 4.90 Å². The zero-order valence-corrected chi connectivity index (χ0v) is 14.4. The first kappa shape index (κ1) is 17.3. The molecule has 0 bridgehead atoms. The summed E-state index contributed by atoms with van der Waals surface area (Å²) in [5.74, 6) is 0.830. The summed E-state index contributed by atoms with van der Waals surface area (Å²) in [6.07, 6.45) is 5.16. The number of nitrogens with one attached hydrogen (secondary N) is 1. The summed E-state index contributed by atoms with van der Waals surface area (Å²) in [6.45, 7) is 6.38. The molecule has 2 aliphatic heterocycles. The van der Waals surface area contributed by atoms with Gasteiger partial charge in [-0.3, -0.25) is 4.79 Å². The lowest BCUT2D eigenvalue weighted by Gasteiger charge is -2.31. The topological polar surface area (TPSA) is 32.3 Å². The molecule has 2 heterocycles. The minimum absolute atomic E-state index is 0. The van der Waals surface area contributed by atoms with Gasteiger partial charge in [0.1, 0.15) is 0 Å². The second-order valence-electron chi connectivity index (χ2n) is 6.69. The largest absolute Gasteiger partial charge is 0.313 e. The van der Waals surface area contributed by atoms with E-state index in [9.17, 15) is 4.79 Å². The highest BCUT2D eigenvalue weighted by atomic mass is 35.5. The van der Waals surface area contributed by atoms with E-state index >= 15 is 0 Å². The molecular weight excluding hydrogens is 296 g/mol. The van der Waals surface area contributed by atoms with Gasteiger partial charge in [-0.1, -0.05) is 26.0 Å². The summed E-state index contributed by atoms with van der Waals surface area (Å²) in [6, 6.07) is 7.03. The van der Waals surface area contributed by atoms with Crippen LogP contribution in [-0.2, 0) is 11.2 Å². The zero-order valence-electron chi connectivity index (χ0n) is 13.6. The molecule has 3 nitrogen and oxygen atoms in total. The molecule has 0 spiro atoms. The van der Waals surface area contributed by atoms with Crippen molar-refractivity contribution in [2.45, 2.75) is 57.9 Å². The average molecular weight is 323 g/mol. The van der Waals surface area contributed by atoms with Crippen LogP contribution in [0.1, 0.15) is 56.6 Å². The molecule has 1 fully saturated rings. The van der Waals surface area contributed by atoms with Crippen molar-refractivity contribution in [1.82, 2.24) is 5.32 Å². The first-order valence-corrected chi connectivity index (χ1v) is 8.31. The quantitative estimate of drug-likeness (QED) is 0.921. The van der Waals surface area contributed by atoms with E-state index in [2.05, 4.69) is 37.4 Å². The molecule has 22 heavy (non-hydrogen) atoms. The van der Waals surface area contributed by atoms with Crippen LogP contribution in [-0.4, -0.2) is 25.0 Å². The van der Waals surface area contributed by atoms with E-state index < -0.39 is 0 Å². The highest BCUT2D eigenvalue weighted by Crippen LogP contribution is 2.31. The van der Waals surface area contributed by atoms with E-state index in [1.54, 1.807) is 0 Å². The Morgan fingerprint density at radius 1 is 1.36 bits per heavy atom. The van der Waals surface area contributed by atoms with Crippen LogP contribution in [0.15, 0.2) is 18.2 Å². The van der Waals surface area contributed by atoms with Crippen LogP contribution in [0.5, 0.6) is 0 Å². The molecule has 1 amide bonds. The van der Waals surface area contributed by atoms with Crippen molar-refractivity contribution in [1.29, 1.82) is 0 Å². The minimum atomic E-state index is 0. The second-order valence-corrected chi connectivity index (χ2v) is 6.69. The molecule has 1 unspecified atom stereocenters.